The molecule has 1 aliphatic heterocycles. The normalized spacial score (nSPS) is 14.8. The molecule has 1 heterocycles. The molecule has 0 spiro atoms. The zero-order valence-corrected chi connectivity index (χ0v) is 16.8. The van der Waals surface area contributed by atoms with Crippen molar-refractivity contribution in [3.63, 3.8) is 0 Å². The van der Waals surface area contributed by atoms with Gasteiger partial charge in [0.25, 0.3) is 5.91 Å². The predicted molar refractivity (Wildman–Crippen MR) is 115 cm³/mol. The lowest BCUT2D eigenvalue weighted by atomic mass is 10.1. The summed E-state index contributed by atoms with van der Waals surface area (Å²) in [6, 6.07) is 13.8. The number of benzene rings is 2. The molecule has 0 aliphatic carbocycles. The molecule has 5 N–H and O–H groups in total. The molecule has 0 bridgehead atoms. The van der Waals surface area contributed by atoms with Gasteiger partial charge in [-0.2, -0.15) is 0 Å². The molecule has 160 valence electrons. The molecule has 0 unspecified atom stereocenters. The van der Waals surface area contributed by atoms with E-state index >= 15 is 0 Å². The van der Waals surface area contributed by atoms with Crippen LogP contribution in [0.4, 0.5) is 5.69 Å². The van der Waals surface area contributed by atoms with Crippen LogP contribution in [0.1, 0.15) is 15.9 Å². The number of rotatable bonds is 9. The second kappa shape index (κ2) is 10.6. The first-order valence-corrected chi connectivity index (χ1v) is 10.1. The van der Waals surface area contributed by atoms with Crippen molar-refractivity contribution in [2.75, 3.05) is 44.2 Å². The van der Waals surface area contributed by atoms with Gasteiger partial charge in [0.1, 0.15) is 18.4 Å². The zero-order chi connectivity index (χ0) is 21.3. The van der Waals surface area contributed by atoms with Crippen molar-refractivity contribution in [3.8, 4) is 5.75 Å². The van der Waals surface area contributed by atoms with Crippen molar-refractivity contribution < 1.29 is 19.4 Å². The quantitative estimate of drug-likeness (QED) is 0.451. The Morgan fingerprint density at radius 1 is 1.10 bits per heavy atom. The van der Waals surface area contributed by atoms with E-state index in [-0.39, 0.29) is 12.3 Å². The van der Waals surface area contributed by atoms with Gasteiger partial charge in [-0.1, -0.05) is 12.1 Å². The molecular weight excluding hydrogens is 384 g/mol. The molecular formula is C22H28N4O4. The number of nitrogens with two attached hydrogens (primary N) is 1. The van der Waals surface area contributed by atoms with E-state index in [1.54, 1.807) is 24.3 Å². The van der Waals surface area contributed by atoms with Gasteiger partial charge in [0.2, 0.25) is 0 Å². The Balaban J connectivity index is 1.39. The average molecular weight is 412 g/mol. The lowest BCUT2D eigenvalue weighted by Gasteiger charge is -2.29. The number of carbonyl (C=O) groups is 2. The van der Waals surface area contributed by atoms with E-state index in [1.807, 2.05) is 24.3 Å². The number of carbonyl (C=O) groups excluding carboxylic acids is 1. The summed E-state index contributed by atoms with van der Waals surface area (Å²) in [5.74, 6) is -0.509. The molecule has 1 fully saturated rings. The number of aliphatic carboxylic acids is 1. The molecule has 1 atom stereocenters. The second-order valence-corrected chi connectivity index (χ2v) is 7.18. The smallest absolute Gasteiger partial charge is 0.320 e. The Kier molecular flexibility index (Phi) is 7.64. The van der Waals surface area contributed by atoms with Crippen LogP contribution in [0.25, 0.3) is 0 Å². The summed E-state index contributed by atoms with van der Waals surface area (Å²) in [5.41, 5.74) is 8.11. The number of piperazine rings is 1. The van der Waals surface area contributed by atoms with Crippen LogP contribution < -0.4 is 26.0 Å². The van der Waals surface area contributed by atoms with E-state index in [0.29, 0.717) is 24.5 Å². The Labute approximate surface area is 176 Å². The van der Waals surface area contributed by atoms with Gasteiger partial charge in [-0.05, 0) is 48.4 Å². The maximum atomic E-state index is 12.3. The number of hydrogen-bond donors (Lipinski definition) is 4. The van der Waals surface area contributed by atoms with Crippen molar-refractivity contribution in [2.45, 2.75) is 12.5 Å². The zero-order valence-electron chi connectivity index (χ0n) is 16.8. The number of carboxylic acids is 1. The number of amides is 1. The molecule has 1 saturated heterocycles. The maximum Gasteiger partial charge on any atom is 0.320 e. The molecule has 30 heavy (non-hydrogen) atoms. The Bertz CT molecular complexity index is 833. The van der Waals surface area contributed by atoms with Crippen LogP contribution in [0.5, 0.6) is 5.75 Å². The topological polar surface area (TPSA) is 117 Å². The Hall–Kier alpha value is -3.10. The molecule has 3 rings (SSSR count). The van der Waals surface area contributed by atoms with Crippen LogP contribution in [0.3, 0.4) is 0 Å². The second-order valence-electron chi connectivity index (χ2n) is 7.18. The number of carboxylic acid groups (broad SMARTS) is 1. The van der Waals surface area contributed by atoms with Crippen molar-refractivity contribution in [1.29, 1.82) is 0 Å². The molecule has 2 aromatic carbocycles. The Morgan fingerprint density at radius 3 is 2.40 bits per heavy atom. The third-order valence-electron chi connectivity index (χ3n) is 4.96. The van der Waals surface area contributed by atoms with Crippen molar-refractivity contribution >= 4 is 17.6 Å². The highest BCUT2D eigenvalue weighted by Crippen LogP contribution is 2.16. The molecule has 1 amide bonds. The first kappa shape index (κ1) is 21.6. The van der Waals surface area contributed by atoms with E-state index in [0.717, 1.165) is 37.4 Å². The average Bonchev–Trinajstić information content (AvgIpc) is 2.78. The summed E-state index contributed by atoms with van der Waals surface area (Å²) >= 11 is 0. The summed E-state index contributed by atoms with van der Waals surface area (Å²) in [6.07, 6.45) is 0.263. The van der Waals surface area contributed by atoms with Crippen molar-refractivity contribution in [2.24, 2.45) is 5.73 Å². The van der Waals surface area contributed by atoms with Gasteiger partial charge in [-0.15, -0.1) is 0 Å². The summed E-state index contributed by atoms with van der Waals surface area (Å²) in [5, 5.41) is 15.0. The van der Waals surface area contributed by atoms with Gasteiger partial charge in [0.15, 0.2) is 0 Å². The first-order valence-electron chi connectivity index (χ1n) is 10.1. The fourth-order valence-electron chi connectivity index (χ4n) is 3.25. The van der Waals surface area contributed by atoms with Crippen LogP contribution in [0.15, 0.2) is 48.5 Å². The number of anilines is 1. The van der Waals surface area contributed by atoms with Crippen LogP contribution in [-0.4, -0.2) is 62.4 Å². The van der Waals surface area contributed by atoms with Crippen LogP contribution >= 0.6 is 0 Å². The van der Waals surface area contributed by atoms with E-state index in [9.17, 15) is 9.59 Å². The van der Waals surface area contributed by atoms with E-state index in [4.69, 9.17) is 15.6 Å². The lowest BCUT2D eigenvalue weighted by molar-refractivity contribution is -0.138. The minimum Gasteiger partial charge on any atom is -0.492 e. The van der Waals surface area contributed by atoms with Gasteiger partial charge >= 0.3 is 5.97 Å². The number of hydrogen-bond acceptors (Lipinski definition) is 6. The SMILES string of the molecule is N[C@@H](Cc1ccc(OCCNC(=O)c2ccc(N3CCNCC3)cc2)cc1)C(=O)O. The van der Waals surface area contributed by atoms with Gasteiger partial charge in [-0.25, -0.2) is 0 Å². The van der Waals surface area contributed by atoms with Gasteiger partial charge < -0.3 is 31.1 Å². The monoisotopic (exact) mass is 412 g/mol. The summed E-state index contributed by atoms with van der Waals surface area (Å²) < 4.78 is 5.62. The molecule has 1 aliphatic rings. The van der Waals surface area contributed by atoms with E-state index < -0.39 is 12.0 Å². The third-order valence-corrected chi connectivity index (χ3v) is 4.96. The molecule has 8 heteroatoms. The van der Waals surface area contributed by atoms with Crippen LogP contribution in [0, 0.1) is 0 Å². The highest BCUT2D eigenvalue weighted by molar-refractivity contribution is 5.94. The van der Waals surface area contributed by atoms with Gasteiger partial charge in [0.05, 0.1) is 6.54 Å². The van der Waals surface area contributed by atoms with Gasteiger partial charge in [0, 0.05) is 37.4 Å². The van der Waals surface area contributed by atoms with Crippen LogP contribution in [0.2, 0.25) is 0 Å². The molecule has 0 aromatic heterocycles. The standard InChI is InChI=1S/C22H28N4O4/c23-20(22(28)29)15-16-1-7-19(8-2-16)30-14-11-25-21(27)17-3-5-18(6-4-17)26-12-9-24-10-13-26/h1-8,20,24H,9-15,23H2,(H,25,27)(H,28,29)/t20-/m0/s1. The largest absolute Gasteiger partial charge is 0.492 e. The summed E-state index contributed by atoms with van der Waals surface area (Å²) in [6.45, 7) is 4.59. The molecule has 2 aromatic rings. The van der Waals surface area contributed by atoms with E-state index in [2.05, 4.69) is 15.5 Å². The first-order chi connectivity index (χ1) is 14.5. The molecule has 8 nitrogen and oxygen atoms in total. The van der Waals surface area contributed by atoms with Crippen LogP contribution in [-0.2, 0) is 11.2 Å². The fourth-order valence-corrected chi connectivity index (χ4v) is 3.25. The number of nitrogens with one attached hydrogen (secondary N) is 2. The lowest BCUT2D eigenvalue weighted by Crippen LogP contribution is -2.43. The molecule has 0 saturated carbocycles. The number of ether oxygens (including phenoxy) is 1. The summed E-state index contributed by atoms with van der Waals surface area (Å²) in [4.78, 5) is 25.4. The third kappa shape index (κ3) is 6.20. The highest BCUT2D eigenvalue weighted by Gasteiger charge is 2.13. The van der Waals surface area contributed by atoms with Gasteiger partial charge in [-0.3, -0.25) is 9.59 Å². The molecule has 0 radical (unpaired) electrons. The predicted octanol–water partition coefficient (Wildman–Crippen LogP) is 0.859. The van der Waals surface area contributed by atoms with Crippen molar-refractivity contribution in [1.82, 2.24) is 10.6 Å². The minimum atomic E-state index is -1.02. The highest BCUT2D eigenvalue weighted by atomic mass is 16.5. The van der Waals surface area contributed by atoms with Crippen molar-refractivity contribution in [3.05, 3.63) is 59.7 Å². The maximum absolute atomic E-state index is 12.3. The summed E-state index contributed by atoms with van der Waals surface area (Å²) in [7, 11) is 0. The fraction of sp³-hybridized carbons (Fsp3) is 0.364. The number of nitrogens with zero attached hydrogens (tertiary/aromatic N) is 1. The minimum absolute atomic E-state index is 0.136. The van der Waals surface area contributed by atoms with E-state index in [1.165, 1.54) is 0 Å². The Morgan fingerprint density at radius 2 is 1.77 bits per heavy atom.